The second-order valence-corrected chi connectivity index (χ2v) is 7.54. The predicted molar refractivity (Wildman–Crippen MR) is 135 cm³/mol. The molecule has 4 aromatic rings. The first-order chi connectivity index (χ1) is 15.8. The molecule has 0 bridgehead atoms. The summed E-state index contributed by atoms with van der Waals surface area (Å²) in [6, 6.07) is 30.1. The molecule has 0 aliphatic heterocycles. The summed E-state index contributed by atoms with van der Waals surface area (Å²) in [5, 5.41) is 16.9. The van der Waals surface area contributed by atoms with Gasteiger partial charge in [-0.3, -0.25) is 0 Å². The van der Waals surface area contributed by atoms with Crippen LogP contribution in [0.3, 0.4) is 0 Å². The van der Waals surface area contributed by atoms with Crippen molar-refractivity contribution < 1.29 is 30.3 Å². The number of aliphatic hydroxyl groups is 2. The van der Waals surface area contributed by atoms with E-state index >= 15 is 0 Å². The molecule has 34 heavy (non-hydrogen) atoms. The van der Waals surface area contributed by atoms with E-state index in [0.29, 0.717) is 0 Å². The Morgan fingerprint density at radius 2 is 1.26 bits per heavy atom. The summed E-state index contributed by atoms with van der Waals surface area (Å²) in [5.41, 5.74) is 6.52. The third-order valence-electron chi connectivity index (χ3n) is 4.28. The molecule has 0 aliphatic carbocycles. The van der Waals surface area contributed by atoms with Crippen molar-refractivity contribution in [2.75, 3.05) is 0 Å². The van der Waals surface area contributed by atoms with E-state index in [-0.39, 0.29) is 25.9 Å². The minimum atomic E-state index is -0.537. The van der Waals surface area contributed by atoms with Gasteiger partial charge in [-0.15, -0.1) is 71.8 Å². The van der Waals surface area contributed by atoms with Gasteiger partial charge in [0.05, 0.1) is 11.9 Å². The molecule has 1 radical (unpaired) electrons. The molecule has 1 atom stereocenters. The van der Waals surface area contributed by atoms with E-state index in [2.05, 4.69) is 48.1 Å². The Bertz CT molecular complexity index is 1050. The molecule has 2 aromatic carbocycles. The van der Waals surface area contributed by atoms with E-state index in [1.807, 2.05) is 73.1 Å². The molecule has 0 aliphatic rings. The van der Waals surface area contributed by atoms with Gasteiger partial charge in [0.15, 0.2) is 0 Å². The van der Waals surface area contributed by atoms with Crippen LogP contribution in [0.1, 0.15) is 25.0 Å². The molecule has 0 amide bonds. The Kier molecular flexibility index (Phi) is 13.3. The van der Waals surface area contributed by atoms with Crippen LogP contribution in [0.2, 0.25) is 0 Å². The first-order valence-corrected chi connectivity index (χ1v) is 10.7. The van der Waals surface area contributed by atoms with Crippen LogP contribution in [0, 0.1) is 26.0 Å². The zero-order chi connectivity index (χ0) is 24.1. The third-order valence-corrected chi connectivity index (χ3v) is 4.28. The summed E-state index contributed by atoms with van der Waals surface area (Å²) in [4.78, 5) is 8.56. The summed E-state index contributed by atoms with van der Waals surface area (Å²) in [5.74, 6) is 0.162. The quantitative estimate of drug-likeness (QED) is 0.199. The van der Waals surface area contributed by atoms with Crippen LogP contribution in [-0.4, -0.2) is 26.3 Å². The van der Waals surface area contributed by atoms with E-state index in [4.69, 9.17) is 10.2 Å². The number of aryl methyl sites for hydroxylation is 2. The molecule has 0 saturated carbocycles. The van der Waals surface area contributed by atoms with Gasteiger partial charge in [-0.1, -0.05) is 23.3 Å². The normalized spacial score (nSPS) is 11.0. The van der Waals surface area contributed by atoms with Crippen LogP contribution >= 0.6 is 0 Å². The van der Waals surface area contributed by atoms with Gasteiger partial charge in [0.2, 0.25) is 0 Å². The third kappa shape index (κ3) is 11.2. The Hall–Kier alpha value is -3.11. The zero-order valence-corrected chi connectivity index (χ0v) is 22.3. The Morgan fingerprint density at radius 1 is 0.824 bits per heavy atom. The summed E-state index contributed by atoms with van der Waals surface area (Å²) in [7, 11) is 0. The largest absolute Gasteiger partial charge is 0.513 e. The van der Waals surface area contributed by atoms with Gasteiger partial charge < -0.3 is 20.2 Å². The molecule has 2 aromatic heterocycles. The van der Waals surface area contributed by atoms with E-state index in [1.165, 1.54) is 24.1 Å². The maximum absolute atomic E-state index is 8.49. The van der Waals surface area contributed by atoms with Crippen molar-refractivity contribution in [3.63, 3.8) is 0 Å². The number of hydrogen-bond acceptors (Lipinski definition) is 4. The number of aromatic nitrogens is 2. The van der Waals surface area contributed by atoms with Crippen LogP contribution < -0.4 is 0 Å². The number of rotatable bonds is 3. The van der Waals surface area contributed by atoms with Crippen LogP contribution in [0.25, 0.3) is 22.5 Å². The first kappa shape index (κ1) is 28.9. The maximum Gasteiger partial charge on any atom is 0.0877 e. The second kappa shape index (κ2) is 15.7. The van der Waals surface area contributed by atoms with E-state index in [0.717, 1.165) is 22.5 Å². The number of hydrogen-bond donors (Lipinski definition) is 2. The molecule has 4 rings (SSSR count). The first-order valence-electron chi connectivity index (χ1n) is 10.7. The van der Waals surface area contributed by atoms with Crippen molar-refractivity contribution in [1.82, 2.24) is 9.97 Å². The van der Waals surface area contributed by atoms with Crippen molar-refractivity contribution in [3.05, 3.63) is 120 Å². The fourth-order valence-corrected chi connectivity index (χ4v) is 2.82. The monoisotopic (exact) mass is 631 g/mol. The SMILES string of the molecule is CC(O)=CC(C)O.Cc1ccnc(-c2[c-]cccc2)c1.Cc1ccnc(-c2[c-]cccc2)c1.[Ir]. The number of benzene rings is 2. The van der Waals surface area contributed by atoms with Gasteiger partial charge in [-0.25, -0.2) is 0 Å². The second-order valence-electron chi connectivity index (χ2n) is 7.54. The van der Waals surface area contributed by atoms with Crippen molar-refractivity contribution >= 4 is 0 Å². The van der Waals surface area contributed by atoms with Crippen LogP contribution in [0.4, 0.5) is 0 Å². The molecule has 179 valence electrons. The summed E-state index contributed by atoms with van der Waals surface area (Å²) >= 11 is 0. The molecule has 0 fully saturated rings. The molecule has 5 heteroatoms. The van der Waals surface area contributed by atoms with Gasteiger partial charge in [0.25, 0.3) is 0 Å². The van der Waals surface area contributed by atoms with Crippen molar-refractivity contribution in [1.29, 1.82) is 0 Å². The van der Waals surface area contributed by atoms with Crippen molar-refractivity contribution in [2.24, 2.45) is 0 Å². The molecular weight excluding hydrogens is 601 g/mol. The minimum absolute atomic E-state index is 0. The van der Waals surface area contributed by atoms with Crippen molar-refractivity contribution in [2.45, 2.75) is 33.8 Å². The fourth-order valence-electron chi connectivity index (χ4n) is 2.82. The summed E-state index contributed by atoms with van der Waals surface area (Å²) in [6.07, 6.45) is 4.47. The topological polar surface area (TPSA) is 66.2 Å². The fraction of sp³-hybridized carbons (Fsp3) is 0.172. The predicted octanol–water partition coefficient (Wildman–Crippen LogP) is 6.54. The number of pyridine rings is 2. The molecule has 4 nitrogen and oxygen atoms in total. The summed E-state index contributed by atoms with van der Waals surface area (Å²) < 4.78 is 0. The van der Waals surface area contributed by atoms with Gasteiger partial charge >= 0.3 is 0 Å². The van der Waals surface area contributed by atoms with E-state index < -0.39 is 6.10 Å². The number of aliphatic hydroxyl groups excluding tert-OH is 2. The average molecular weight is 631 g/mol. The van der Waals surface area contributed by atoms with E-state index in [1.54, 1.807) is 6.92 Å². The Morgan fingerprint density at radius 3 is 1.53 bits per heavy atom. The number of nitrogens with zero attached hydrogens (tertiary/aromatic N) is 2. The van der Waals surface area contributed by atoms with Crippen molar-refractivity contribution in [3.8, 4) is 22.5 Å². The molecule has 0 saturated heterocycles. The summed E-state index contributed by atoms with van der Waals surface area (Å²) in [6.45, 7) is 7.23. The standard InChI is InChI=1S/2C12H10N.C5H10O2.Ir/c2*1-10-7-8-13-12(9-10)11-5-3-2-4-6-11;1-4(6)3-5(2)7;/h2*2-5,7-9H,1H3;3-4,6-7H,1-2H3;/q2*-1;;. The molecular formula is C29H30IrN2O2-2. The van der Waals surface area contributed by atoms with Gasteiger partial charge in [0, 0.05) is 32.5 Å². The van der Waals surface area contributed by atoms with Crippen LogP contribution in [0.15, 0.2) is 97.0 Å². The molecule has 2 heterocycles. The van der Waals surface area contributed by atoms with Gasteiger partial charge in [0.1, 0.15) is 0 Å². The Labute approximate surface area is 216 Å². The molecule has 1 unspecified atom stereocenters. The molecule has 0 spiro atoms. The molecule has 2 N–H and O–H groups in total. The zero-order valence-electron chi connectivity index (χ0n) is 19.9. The average Bonchev–Trinajstić information content (AvgIpc) is 2.80. The van der Waals surface area contributed by atoms with Crippen LogP contribution in [-0.2, 0) is 20.1 Å². The van der Waals surface area contributed by atoms with Crippen LogP contribution in [0.5, 0.6) is 0 Å². The smallest absolute Gasteiger partial charge is 0.0877 e. The minimum Gasteiger partial charge on any atom is -0.513 e. The number of allylic oxidation sites excluding steroid dienone is 1. The maximum atomic E-state index is 8.49. The van der Waals surface area contributed by atoms with Gasteiger partial charge in [-0.2, -0.15) is 0 Å². The van der Waals surface area contributed by atoms with Gasteiger partial charge in [-0.05, 0) is 57.3 Å². The van der Waals surface area contributed by atoms with E-state index in [9.17, 15) is 0 Å². The Balaban J connectivity index is 0.000000264.